The molecular formula is C19H23NO. The quantitative estimate of drug-likeness (QED) is 0.904. The summed E-state index contributed by atoms with van der Waals surface area (Å²) < 4.78 is 6.19. The Labute approximate surface area is 127 Å². The highest BCUT2D eigenvalue weighted by Crippen LogP contribution is 2.26. The monoisotopic (exact) mass is 281 g/mol. The molecule has 1 saturated carbocycles. The summed E-state index contributed by atoms with van der Waals surface area (Å²) in [6.07, 6.45) is 5.23. The van der Waals surface area contributed by atoms with Gasteiger partial charge in [-0.15, -0.1) is 0 Å². The fourth-order valence-corrected chi connectivity index (χ4v) is 3.10. The second-order valence-electron chi connectivity index (χ2n) is 5.73. The van der Waals surface area contributed by atoms with E-state index in [4.69, 9.17) is 4.74 Å². The molecule has 1 aliphatic carbocycles. The van der Waals surface area contributed by atoms with Crippen molar-refractivity contribution < 1.29 is 4.74 Å². The Morgan fingerprint density at radius 1 is 0.857 bits per heavy atom. The highest BCUT2D eigenvalue weighted by molar-refractivity contribution is 5.63. The van der Waals surface area contributed by atoms with E-state index < -0.39 is 0 Å². The molecule has 3 rings (SSSR count). The minimum Gasteiger partial charge on any atom is -0.489 e. The summed E-state index contributed by atoms with van der Waals surface area (Å²) in [5.41, 5.74) is 2.48. The van der Waals surface area contributed by atoms with Crippen molar-refractivity contribution in [2.75, 3.05) is 7.05 Å². The van der Waals surface area contributed by atoms with Crippen LogP contribution in [0.2, 0.25) is 0 Å². The first-order chi connectivity index (χ1) is 10.4. The van der Waals surface area contributed by atoms with Gasteiger partial charge in [-0.25, -0.2) is 0 Å². The summed E-state index contributed by atoms with van der Waals surface area (Å²) in [5.74, 6) is 0.974. The van der Waals surface area contributed by atoms with Gasteiger partial charge >= 0.3 is 0 Å². The Balaban J connectivity index is 1.69. The number of hydrogen-bond acceptors (Lipinski definition) is 2. The summed E-state index contributed by atoms with van der Waals surface area (Å²) >= 11 is 0. The molecule has 2 heteroatoms. The van der Waals surface area contributed by atoms with Gasteiger partial charge in [0.25, 0.3) is 0 Å². The SMILES string of the molecule is CNC1CCCCC1Oc1ccc(-c2ccccc2)cc1. The van der Waals surface area contributed by atoms with Gasteiger partial charge < -0.3 is 10.1 Å². The molecule has 2 aromatic rings. The lowest BCUT2D eigenvalue weighted by Gasteiger charge is -2.31. The highest BCUT2D eigenvalue weighted by Gasteiger charge is 2.25. The van der Waals surface area contributed by atoms with Gasteiger partial charge in [0, 0.05) is 6.04 Å². The molecule has 2 nitrogen and oxygen atoms in total. The molecule has 0 amide bonds. The van der Waals surface area contributed by atoms with E-state index in [0.717, 1.165) is 12.2 Å². The van der Waals surface area contributed by atoms with Crippen LogP contribution in [-0.2, 0) is 0 Å². The topological polar surface area (TPSA) is 21.3 Å². The predicted octanol–water partition coefficient (Wildman–Crippen LogP) is 4.26. The zero-order valence-corrected chi connectivity index (χ0v) is 12.6. The molecule has 2 unspecified atom stereocenters. The average molecular weight is 281 g/mol. The van der Waals surface area contributed by atoms with Crippen LogP contribution in [0, 0.1) is 0 Å². The maximum atomic E-state index is 6.19. The second-order valence-corrected chi connectivity index (χ2v) is 5.73. The Bertz CT molecular complexity index is 550. The fraction of sp³-hybridized carbons (Fsp3) is 0.368. The van der Waals surface area contributed by atoms with Gasteiger partial charge in [-0.1, -0.05) is 48.9 Å². The number of benzene rings is 2. The smallest absolute Gasteiger partial charge is 0.119 e. The van der Waals surface area contributed by atoms with Crippen molar-refractivity contribution in [3.63, 3.8) is 0 Å². The van der Waals surface area contributed by atoms with Gasteiger partial charge in [0.2, 0.25) is 0 Å². The van der Waals surface area contributed by atoms with Crippen molar-refractivity contribution in [2.24, 2.45) is 0 Å². The van der Waals surface area contributed by atoms with Crippen LogP contribution in [0.15, 0.2) is 54.6 Å². The van der Waals surface area contributed by atoms with Gasteiger partial charge in [-0.05, 0) is 49.6 Å². The summed E-state index contributed by atoms with van der Waals surface area (Å²) in [6.45, 7) is 0. The second kappa shape index (κ2) is 6.77. The first-order valence-electron chi connectivity index (χ1n) is 7.86. The minimum absolute atomic E-state index is 0.298. The lowest BCUT2D eigenvalue weighted by Crippen LogP contribution is -2.43. The third-order valence-electron chi connectivity index (χ3n) is 4.32. The molecule has 0 saturated heterocycles. The summed E-state index contributed by atoms with van der Waals surface area (Å²) in [6, 6.07) is 19.4. The molecule has 0 bridgehead atoms. The fourth-order valence-electron chi connectivity index (χ4n) is 3.10. The molecule has 21 heavy (non-hydrogen) atoms. The molecule has 0 heterocycles. The highest BCUT2D eigenvalue weighted by atomic mass is 16.5. The molecule has 0 aromatic heterocycles. The number of nitrogens with one attached hydrogen (secondary N) is 1. The van der Waals surface area contributed by atoms with E-state index in [0.29, 0.717) is 12.1 Å². The van der Waals surface area contributed by atoms with E-state index >= 15 is 0 Å². The van der Waals surface area contributed by atoms with E-state index in [9.17, 15) is 0 Å². The Morgan fingerprint density at radius 3 is 2.24 bits per heavy atom. The standard InChI is InChI=1S/C19H23NO/c1-20-18-9-5-6-10-19(18)21-17-13-11-16(12-14-17)15-7-3-2-4-8-15/h2-4,7-8,11-14,18-20H,5-6,9-10H2,1H3. The van der Waals surface area contributed by atoms with Crippen LogP contribution in [0.4, 0.5) is 0 Å². The molecule has 1 aliphatic rings. The number of ether oxygens (including phenoxy) is 1. The predicted molar refractivity (Wildman–Crippen MR) is 87.6 cm³/mol. The zero-order valence-electron chi connectivity index (χ0n) is 12.6. The first kappa shape index (κ1) is 14.2. The van der Waals surface area contributed by atoms with Gasteiger partial charge in [0.15, 0.2) is 0 Å². The molecule has 2 aromatic carbocycles. The Kier molecular flexibility index (Phi) is 4.56. The largest absolute Gasteiger partial charge is 0.489 e. The van der Waals surface area contributed by atoms with Gasteiger partial charge in [0.05, 0.1) is 0 Å². The molecule has 1 N–H and O–H groups in total. The normalized spacial score (nSPS) is 22.0. The van der Waals surface area contributed by atoms with Crippen molar-refractivity contribution in [2.45, 2.75) is 37.8 Å². The minimum atomic E-state index is 0.298. The van der Waals surface area contributed by atoms with Gasteiger partial charge in [-0.2, -0.15) is 0 Å². The molecule has 0 radical (unpaired) electrons. The van der Waals surface area contributed by atoms with Crippen LogP contribution in [0.5, 0.6) is 5.75 Å². The first-order valence-corrected chi connectivity index (χ1v) is 7.86. The zero-order chi connectivity index (χ0) is 14.5. The summed E-state index contributed by atoms with van der Waals surface area (Å²) in [4.78, 5) is 0. The lowest BCUT2D eigenvalue weighted by molar-refractivity contribution is 0.118. The van der Waals surface area contributed by atoms with E-state index in [-0.39, 0.29) is 0 Å². The van der Waals surface area contributed by atoms with Gasteiger partial charge in [0.1, 0.15) is 11.9 Å². The number of rotatable bonds is 4. The van der Waals surface area contributed by atoms with Crippen LogP contribution >= 0.6 is 0 Å². The van der Waals surface area contributed by atoms with Crippen LogP contribution in [0.1, 0.15) is 25.7 Å². The molecule has 0 aliphatic heterocycles. The number of likely N-dealkylation sites (N-methyl/N-ethyl adjacent to an activating group) is 1. The third kappa shape index (κ3) is 3.45. The van der Waals surface area contributed by atoms with Crippen molar-refractivity contribution in [1.82, 2.24) is 5.32 Å². The molecule has 0 spiro atoms. The van der Waals surface area contributed by atoms with Crippen LogP contribution < -0.4 is 10.1 Å². The summed E-state index contributed by atoms with van der Waals surface area (Å²) in [5, 5.41) is 3.39. The van der Waals surface area contributed by atoms with Crippen LogP contribution in [0.3, 0.4) is 0 Å². The van der Waals surface area contributed by atoms with Crippen molar-refractivity contribution in [1.29, 1.82) is 0 Å². The average Bonchev–Trinajstić information content (AvgIpc) is 2.57. The van der Waals surface area contributed by atoms with E-state index in [1.807, 2.05) is 13.1 Å². The third-order valence-corrected chi connectivity index (χ3v) is 4.32. The maximum absolute atomic E-state index is 6.19. The Morgan fingerprint density at radius 2 is 1.52 bits per heavy atom. The molecular weight excluding hydrogens is 258 g/mol. The van der Waals surface area contributed by atoms with Crippen molar-refractivity contribution >= 4 is 0 Å². The van der Waals surface area contributed by atoms with E-state index in [2.05, 4.69) is 53.8 Å². The summed E-state index contributed by atoms with van der Waals surface area (Å²) in [7, 11) is 2.03. The molecule has 1 fully saturated rings. The van der Waals surface area contributed by atoms with Crippen LogP contribution in [-0.4, -0.2) is 19.2 Å². The lowest BCUT2D eigenvalue weighted by atomic mass is 9.92. The molecule has 110 valence electrons. The van der Waals surface area contributed by atoms with E-state index in [1.165, 1.54) is 30.4 Å². The van der Waals surface area contributed by atoms with Crippen molar-refractivity contribution in [3.05, 3.63) is 54.6 Å². The molecule has 2 atom stereocenters. The Hall–Kier alpha value is -1.80. The maximum Gasteiger partial charge on any atom is 0.119 e. The van der Waals surface area contributed by atoms with Gasteiger partial charge in [-0.3, -0.25) is 0 Å². The van der Waals surface area contributed by atoms with Crippen molar-refractivity contribution in [3.8, 4) is 16.9 Å². The van der Waals surface area contributed by atoms with Crippen LogP contribution in [0.25, 0.3) is 11.1 Å². The van der Waals surface area contributed by atoms with E-state index in [1.54, 1.807) is 0 Å². The number of hydrogen-bond donors (Lipinski definition) is 1.